The maximum atomic E-state index is 14.2. The summed E-state index contributed by atoms with van der Waals surface area (Å²) in [4.78, 5) is 18.7. The Balaban J connectivity index is 1.51. The zero-order valence-electron chi connectivity index (χ0n) is 21.4. The molecule has 3 aromatic carbocycles. The number of carboxylic acids is 1. The number of hydrogen-bond donors (Lipinski definition) is 2. The number of aromatic hydroxyl groups is 1. The van der Waals surface area contributed by atoms with Crippen molar-refractivity contribution in [2.45, 2.75) is 12.6 Å². The van der Waals surface area contributed by atoms with Gasteiger partial charge < -0.3 is 24.1 Å². The molecule has 1 atom stereocenters. The molecule has 0 bridgehead atoms. The molecule has 3 heterocycles. The van der Waals surface area contributed by atoms with Crippen LogP contribution in [0.4, 0.5) is 8.78 Å². The molecule has 0 aliphatic carbocycles. The molecule has 11 heteroatoms. The van der Waals surface area contributed by atoms with Gasteiger partial charge in [-0.15, -0.1) is 0 Å². The van der Waals surface area contributed by atoms with E-state index < -0.39 is 23.6 Å². The normalized spacial score (nSPS) is 14.9. The minimum atomic E-state index is -1.25. The van der Waals surface area contributed by atoms with Gasteiger partial charge in [0.25, 0.3) is 0 Å². The number of nitrogens with zero attached hydrogens (tertiary/aromatic N) is 2. The Kier molecular flexibility index (Phi) is 7.21. The Morgan fingerprint density at radius 3 is 2.66 bits per heavy atom. The highest BCUT2D eigenvalue weighted by atomic mass is 35.5. The van der Waals surface area contributed by atoms with Crippen molar-refractivity contribution in [3.63, 3.8) is 0 Å². The monoisotopic (exact) mass is 580 g/mol. The summed E-state index contributed by atoms with van der Waals surface area (Å²) in [5.74, 6) is -2.27. The van der Waals surface area contributed by atoms with Gasteiger partial charge >= 0.3 is 5.97 Å². The number of hydrogen-bond acceptors (Lipinski definition) is 7. The molecule has 8 nitrogen and oxygen atoms in total. The van der Waals surface area contributed by atoms with E-state index in [0.717, 1.165) is 6.26 Å². The maximum Gasteiger partial charge on any atom is 0.339 e. The molecular formula is C30H23ClF2N2O6. The number of aromatic nitrogens is 1. The van der Waals surface area contributed by atoms with Gasteiger partial charge in [-0.25, -0.2) is 18.6 Å². The lowest BCUT2D eigenvalue weighted by molar-refractivity contribution is 0.0238. The molecule has 0 amide bonds. The van der Waals surface area contributed by atoms with E-state index in [1.165, 1.54) is 30.3 Å². The molecule has 0 spiro atoms. The number of benzene rings is 3. The number of morpholine rings is 1. The number of phenolic OH excluding ortho intramolecular Hbond substituents is 1. The van der Waals surface area contributed by atoms with Crippen LogP contribution in [0.25, 0.3) is 21.7 Å². The van der Waals surface area contributed by atoms with E-state index in [1.54, 1.807) is 24.4 Å². The van der Waals surface area contributed by atoms with Crippen LogP contribution < -0.4 is 4.74 Å². The molecule has 1 unspecified atom stereocenters. The number of fused-ring (bicyclic) bond motifs is 3. The van der Waals surface area contributed by atoms with E-state index in [9.17, 15) is 23.8 Å². The number of carbonyl (C=O) groups is 1. The molecule has 5 aromatic rings. The first kappa shape index (κ1) is 26.9. The molecule has 1 fully saturated rings. The summed E-state index contributed by atoms with van der Waals surface area (Å²) < 4.78 is 45.0. The Bertz CT molecular complexity index is 1790. The molecule has 0 radical (unpaired) electrons. The summed E-state index contributed by atoms with van der Waals surface area (Å²) in [6, 6.07) is 10.9. The molecule has 210 valence electrons. The number of carboxylic acid groups (broad SMARTS) is 1. The third kappa shape index (κ3) is 5.06. The van der Waals surface area contributed by atoms with E-state index in [1.807, 2.05) is 0 Å². The summed E-state index contributed by atoms with van der Waals surface area (Å²) in [6.45, 7) is 1.90. The number of rotatable bonds is 7. The van der Waals surface area contributed by atoms with E-state index in [2.05, 4.69) is 9.88 Å². The van der Waals surface area contributed by atoms with E-state index in [4.69, 9.17) is 25.5 Å². The average Bonchev–Trinajstić information content (AvgIpc) is 3.42. The molecule has 41 heavy (non-hydrogen) atoms. The van der Waals surface area contributed by atoms with Crippen molar-refractivity contribution in [2.75, 3.05) is 26.3 Å². The van der Waals surface area contributed by atoms with Crippen LogP contribution in [-0.4, -0.2) is 52.4 Å². The number of ether oxygens (including phenoxy) is 2. The fourth-order valence-corrected chi connectivity index (χ4v) is 5.48. The van der Waals surface area contributed by atoms with Crippen LogP contribution in [0, 0.1) is 11.6 Å². The fraction of sp³-hybridized carbons (Fsp3) is 0.200. The first-order valence-electron chi connectivity index (χ1n) is 12.7. The highest BCUT2D eigenvalue weighted by Crippen LogP contribution is 2.47. The Labute approximate surface area is 237 Å². The first-order chi connectivity index (χ1) is 19.8. The smallest absolute Gasteiger partial charge is 0.339 e. The lowest BCUT2D eigenvalue weighted by Gasteiger charge is -2.36. The largest absolute Gasteiger partial charge is 0.507 e. The number of halogens is 3. The predicted molar refractivity (Wildman–Crippen MR) is 147 cm³/mol. The van der Waals surface area contributed by atoms with Gasteiger partial charge in [-0.3, -0.25) is 4.90 Å². The van der Waals surface area contributed by atoms with E-state index in [0.29, 0.717) is 48.4 Å². The summed E-state index contributed by atoms with van der Waals surface area (Å²) in [6.07, 6.45) is 2.65. The molecule has 1 aliphatic heterocycles. The second-order valence-corrected chi connectivity index (χ2v) is 10.0. The lowest BCUT2D eigenvalue weighted by atomic mass is 9.89. The predicted octanol–water partition coefficient (Wildman–Crippen LogP) is 6.32. The maximum absolute atomic E-state index is 14.2. The van der Waals surface area contributed by atoms with Crippen molar-refractivity contribution in [1.29, 1.82) is 0 Å². The standard InChI is InChI=1S/C30H23ClF2N2O6/c31-22-11-16(1-4-23(22)33)14-40-24-12-17(5-6-34-24)27(35-7-9-39-10-8-35)26-25-21(30(37)38)15-41-29(25)20-13-18(32)2-3-19(20)28(26)36/h1-6,11-13,15,27,36H,7-10,14H2,(H,37,38). The number of pyridine rings is 1. The molecule has 1 saturated heterocycles. The lowest BCUT2D eigenvalue weighted by Crippen LogP contribution is -2.39. The third-order valence-electron chi connectivity index (χ3n) is 7.16. The second-order valence-electron chi connectivity index (χ2n) is 9.63. The number of aromatic carboxylic acids is 1. The minimum Gasteiger partial charge on any atom is -0.507 e. The second kappa shape index (κ2) is 11.0. The van der Waals surface area contributed by atoms with Gasteiger partial charge in [0.05, 0.1) is 24.3 Å². The summed E-state index contributed by atoms with van der Waals surface area (Å²) in [5.41, 5.74) is 1.59. The summed E-state index contributed by atoms with van der Waals surface area (Å²) in [7, 11) is 0. The van der Waals surface area contributed by atoms with Crippen LogP contribution in [0.1, 0.15) is 33.1 Å². The van der Waals surface area contributed by atoms with Crippen molar-refractivity contribution >= 4 is 39.3 Å². The third-order valence-corrected chi connectivity index (χ3v) is 7.45. The Morgan fingerprint density at radius 2 is 1.90 bits per heavy atom. The van der Waals surface area contributed by atoms with Crippen LogP contribution in [0.3, 0.4) is 0 Å². The highest BCUT2D eigenvalue weighted by molar-refractivity contribution is 6.30. The van der Waals surface area contributed by atoms with Gasteiger partial charge in [-0.05, 0) is 47.5 Å². The van der Waals surface area contributed by atoms with Crippen LogP contribution >= 0.6 is 11.6 Å². The summed E-state index contributed by atoms with van der Waals surface area (Å²) >= 11 is 5.90. The van der Waals surface area contributed by atoms with Crippen LogP contribution in [0.5, 0.6) is 11.6 Å². The molecular weight excluding hydrogens is 558 g/mol. The van der Waals surface area contributed by atoms with Gasteiger partial charge in [-0.2, -0.15) is 0 Å². The molecule has 6 rings (SSSR count). The Morgan fingerprint density at radius 1 is 1.10 bits per heavy atom. The topological polar surface area (TPSA) is 105 Å². The first-order valence-corrected chi connectivity index (χ1v) is 13.1. The molecule has 0 saturated carbocycles. The van der Waals surface area contributed by atoms with Crippen LogP contribution in [-0.2, 0) is 11.3 Å². The van der Waals surface area contributed by atoms with Crippen molar-refractivity contribution in [3.05, 3.63) is 99.9 Å². The van der Waals surface area contributed by atoms with Crippen molar-refractivity contribution in [2.24, 2.45) is 0 Å². The number of phenols is 1. The molecule has 2 aromatic heterocycles. The minimum absolute atomic E-state index is 0.0229. The Hall–Kier alpha value is -4.25. The zero-order chi connectivity index (χ0) is 28.7. The van der Waals surface area contributed by atoms with Crippen LogP contribution in [0.2, 0.25) is 5.02 Å². The van der Waals surface area contributed by atoms with Gasteiger partial charge in [0.15, 0.2) is 0 Å². The zero-order valence-corrected chi connectivity index (χ0v) is 22.2. The van der Waals surface area contributed by atoms with Gasteiger partial charge in [-0.1, -0.05) is 17.7 Å². The molecule has 1 aliphatic rings. The number of furan rings is 1. The van der Waals surface area contributed by atoms with E-state index >= 15 is 0 Å². The van der Waals surface area contributed by atoms with Gasteiger partial charge in [0.2, 0.25) is 5.88 Å². The molecule has 2 N–H and O–H groups in total. The van der Waals surface area contributed by atoms with E-state index in [-0.39, 0.29) is 45.2 Å². The van der Waals surface area contributed by atoms with Gasteiger partial charge in [0.1, 0.15) is 41.4 Å². The van der Waals surface area contributed by atoms with Crippen LogP contribution in [0.15, 0.2) is 65.4 Å². The fourth-order valence-electron chi connectivity index (χ4n) is 5.28. The summed E-state index contributed by atoms with van der Waals surface area (Å²) in [5, 5.41) is 22.4. The average molecular weight is 581 g/mol. The SMILES string of the molecule is O=C(O)c1coc2c1c(C(c1ccnc(OCc3ccc(F)c(Cl)c3)c1)N1CCOCC1)c(O)c1ccc(F)cc12. The van der Waals surface area contributed by atoms with Crippen molar-refractivity contribution < 1.29 is 37.7 Å². The van der Waals surface area contributed by atoms with Crippen molar-refractivity contribution in [1.82, 2.24) is 9.88 Å². The van der Waals surface area contributed by atoms with Gasteiger partial charge in [0, 0.05) is 47.1 Å². The highest BCUT2D eigenvalue weighted by Gasteiger charge is 2.33. The van der Waals surface area contributed by atoms with Crippen molar-refractivity contribution in [3.8, 4) is 11.6 Å². The quantitative estimate of drug-likeness (QED) is 0.230.